The van der Waals surface area contributed by atoms with E-state index >= 15 is 0 Å². The largest absolute Gasteiger partial charge is 0.462 e. The Hall–Kier alpha value is -2.41. The zero-order valence-corrected chi connectivity index (χ0v) is 34.4. The summed E-state index contributed by atoms with van der Waals surface area (Å²) >= 11 is 3.21. The molecule has 2 nitrogen and oxygen atoms in total. The second kappa shape index (κ2) is 20.7. The first-order valence-electron chi connectivity index (χ1n) is 20.6. The monoisotopic (exact) mass is 754 g/mol. The van der Waals surface area contributed by atoms with Crippen LogP contribution in [-0.2, 0) is 9.53 Å². The first-order valence-corrected chi connectivity index (χ1v) is 21.5. The molecule has 4 aliphatic rings. The van der Waals surface area contributed by atoms with Crippen molar-refractivity contribution >= 4 is 21.9 Å². The van der Waals surface area contributed by atoms with E-state index in [1.165, 1.54) is 63.4 Å². The number of rotatable bonds is 15. The van der Waals surface area contributed by atoms with Crippen LogP contribution in [0.2, 0.25) is 0 Å². The number of carbonyl (C=O) groups is 1. The number of hydrogen-bond acceptors (Lipinski definition) is 2. The van der Waals surface area contributed by atoms with Crippen LogP contribution in [0.4, 0.5) is 0 Å². The molecule has 0 bridgehead atoms. The SMILES string of the molecule is C=C(CCC(C)C1CCC2C3CC=C4CC(OC(=O)CCCC#CC#CC=CCCCCC#CC=CBr)CCC4(C)C3CCC12C)C(CC)CC. The van der Waals surface area contributed by atoms with Gasteiger partial charge in [0.2, 0.25) is 0 Å². The Morgan fingerprint density at radius 1 is 0.980 bits per heavy atom. The highest BCUT2D eigenvalue weighted by atomic mass is 79.9. The van der Waals surface area contributed by atoms with Crippen molar-refractivity contribution in [2.75, 3.05) is 0 Å². The summed E-state index contributed by atoms with van der Waals surface area (Å²) in [5, 5.41) is 0. The summed E-state index contributed by atoms with van der Waals surface area (Å²) in [5.74, 6) is 22.7. The average molecular weight is 756 g/mol. The number of halogens is 1. The normalized spacial score (nSPS) is 30.1. The molecule has 3 heteroatoms. The highest BCUT2D eigenvalue weighted by Crippen LogP contribution is 2.67. The number of fused-ring (bicyclic) bond motifs is 5. The molecule has 0 saturated heterocycles. The third-order valence-electron chi connectivity index (χ3n) is 13.9. The van der Waals surface area contributed by atoms with Crippen LogP contribution in [0.3, 0.4) is 0 Å². The number of unbranched alkanes of at least 4 members (excludes halogenated alkanes) is 4. The molecule has 278 valence electrons. The summed E-state index contributed by atoms with van der Waals surface area (Å²) in [6, 6.07) is 0. The maximum atomic E-state index is 12.8. The second-order valence-electron chi connectivity index (χ2n) is 16.7. The Kier molecular flexibility index (Phi) is 16.8. The summed E-state index contributed by atoms with van der Waals surface area (Å²) < 4.78 is 6.06. The molecule has 0 aliphatic heterocycles. The Bertz CT molecular complexity index is 1440. The van der Waals surface area contributed by atoms with Crippen molar-refractivity contribution < 1.29 is 9.53 Å². The van der Waals surface area contributed by atoms with E-state index < -0.39 is 0 Å². The fraction of sp³-hybridized carbons (Fsp3) is 0.688. The van der Waals surface area contributed by atoms with E-state index in [1.807, 2.05) is 6.08 Å². The maximum Gasteiger partial charge on any atom is 0.306 e. The van der Waals surface area contributed by atoms with E-state index in [0.29, 0.717) is 24.2 Å². The van der Waals surface area contributed by atoms with Crippen molar-refractivity contribution in [1.82, 2.24) is 0 Å². The van der Waals surface area contributed by atoms with Gasteiger partial charge in [-0.2, -0.15) is 0 Å². The minimum atomic E-state index is -0.0673. The predicted molar refractivity (Wildman–Crippen MR) is 220 cm³/mol. The zero-order valence-electron chi connectivity index (χ0n) is 32.8. The van der Waals surface area contributed by atoms with Crippen LogP contribution in [0.15, 0.2) is 47.0 Å². The molecule has 8 unspecified atom stereocenters. The number of ether oxygens (including phenoxy) is 1. The quantitative estimate of drug-likeness (QED) is 0.0720. The molecule has 0 radical (unpaired) electrons. The lowest BCUT2D eigenvalue weighted by Gasteiger charge is -2.58. The smallest absolute Gasteiger partial charge is 0.306 e. The van der Waals surface area contributed by atoms with Crippen LogP contribution in [0.1, 0.15) is 157 Å². The number of esters is 1. The second-order valence-corrected chi connectivity index (χ2v) is 17.2. The Morgan fingerprint density at radius 2 is 1.78 bits per heavy atom. The fourth-order valence-electron chi connectivity index (χ4n) is 10.9. The topological polar surface area (TPSA) is 26.3 Å². The average Bonchev–Trinajstić information content (AvgIpc) is 3.48. The molecule has 3 fully saturated rings. The Balaban J connectivity index is 1.18. The van der Waals surface area contributed by atoms with E-state index in [0.717, 1.165) is 81.0 Å². The summed E-state index contributed by atoms with van der Waals surface area (Å²) in [6.07, 6.45) is 29.3. The van der Waals surface area contributed by atoms with E-state index in [9.17, 15) is 4.79 Å². The third kappa shape index (κ3) is 11.1. The van der Waals surface area contributed by atoms with Crippen molar-refractivity contribution in [3.63, 3.8) is 0 Å². The van der Waals surface area contributed by atoms with Gasteiger partial charge in [0.05, 0.1) is 0 Å². The molecule has 8 atom stereocenters. The third-order valence-corrected chi connectivity index (χ3v) is 14.1. The highest BCUT2D eigenvalue weighted by molar-refractivity contribution is 9.11. The molecule has 0 heterocycles. The van der Waals surface area contributed by atoms with Crippen LogP contribution in [0, 0.1) is 81.9 Å². The van der Waals surface area contributed by atoms with Gasteiger partial charge in [-0.3, -0.25) is 4.79 Å². The first-order chi connectivity index (χ1) is 24.7. The summed E-state index contributed by atoms with van der Waals surface area (Å²) in [7, 11) is 0. The van der Waals surface area contributed by atoms with Crippen molar-refractivity contribution in [3.8, 4) is 35.5 Å². The van der Waals surface area contributed by atoms with Gasteiger partial charge in [0.15, 0.2) is 0 Å². The Labute approximate surface area is 321 Å². The molecule has 0 N–H and O–H groups in total. The summed E-state index contributed by atoms with van der Waals surface area (Å²) in [4.78, 5) is 14.5. The van der Waals surface area contributed by atoms with Gasteiger partial charge in [-0.1, -0.05) is 104 Å². The summed E-state index contributed by atoms with van der Waals surface area (Å²) in [5.41, 5.74) is 3.84. The Morgan fingerprint density at radius 3 is 2.57 bits per heavy atom. The highest BCUT2D eigenvalue weighted by Gasteiger charge is 2.59. The number of carbonyl (C=O) groups excluding carboxylic acids is 1. The molecule has 0 aromatic carbocycles. The molecule has 4 rings (SSSR count). The van der Waals surface area contributed by atoms with E-state index in [1.54, 1.807) is 16.6 Å². The van der Waals surface area contributed by atoms with Gasteiger partial charge in [0.1, 0.15) is 6.10 Å². The van der Waals surface area contributed by atoms with Gasteiger partial charge in [-0.25, -0.2) is 0 Å². The standard InChI is InChI=1S/C48H67BrO2/c1-7-39(8-2)37(3)25-26-38(4)43-29-30-44-42-28-27-40-36-41(31-33-47(40,5)45(42)32-34-48(43,44)6)51-46(50)24-22-20-18-16-14-12-10-9-11-13-15-17-19-21-23-35-49/h9-10,23,27,35,38-39,41-45H,3,7-8,11,13,15,17,20,22,24-26,28-34,36H2,1-2,4-6H3. The van der Waals surface area contributed by atoms with Gasteiger partial charge < -0.3 is 4.74 Å². The van der Waals surface area contributed by atoms with Gasteiger partial charge >= 0.3 is 5.97 Å². The van der Waals surface area contributed by atoms with Gasteiger partial charge in [-0.15, -0.1) is 0 Å². The molecule has 3 saturated carbocycles. The van der Waals surface area contributed by atoms with Crippen LogP contribution in [0.5, 0.6) is 0 Å². The van der Waals surface area contributed by atoms with Crippen LogP contribution < -0.4 is 0 Å². The molecule has 4 aliphatic carbocycles. The molecule has 0 aromatic heterocycles. The van der Waals surface area contributed by atoms with Gasteiger partial charge in [0, 0.05) is 25.7 Å². The number of allylic oxidation sites excluding steroid dienone is 5. The zero-order chi connectivity index (χ0) is 36.7. The van der Waals surface area contributed by atoms with Crippen molar-refractivity contribution in [2.45, 2.75) is 163 Å². The van der Waals surface area contributed by atoms with Crippen molar-refractivity contribution in [2.24, 2.45) is 46.3 Å². The van der Waals surface area contributed by atoms with E-state index in [2.05, 4.69) is 105 Å². The molecule has 0 amide bonds. The molecular weight excluding hydrogens is 688 g/mol. The number of hydrogen-bond donors (Lipinski definition) is 0. The molecular formula is C48H67BrO2. The van der Waals surface area contributed by atoms with E-state index in [-0.39, 0.29) is 17.5 Å². The lowest BCUT2D eigenvalue weighted by Crippen LogP contribution is -2.51. The van der Waals surface area contributed by atoms with Gasteiger partial charge in [0.25, 0.3) is 0 Å². The minimum absolute atomic E-state index is 0.0294. The minimum Gasteiger partial charge on any atom is -0.462 e. The van der Waals surface area contributed by atoms with Crippen molar-refractivity contribution in [1.29, 1.82) is 0 Å². The first kappa shape index (κ1) is 41.3. The molecule has 0 aromatic rings. The maximum absolute atomic E-state index is 12.8. The molecule has 51 heavy (non-hydrogen) atoms. The van der Waals surface area contributed by atoms with E-state index in [4.69, 9.17) is 4.74 Å². The van der Waals surface area contributed by atoms with Crippen LogP contribution in [0.25, 0.3) is 0 Å². The predicted octanol–water partition coefficient (Wildman–Crippen LogP) is 13.1. The van der Waals surface area contributed by atoms with Crippen molar-refractivity contribution in [3.05, 3.63) is 47.0 Å². The summed E-state index contributed by atoms with van der Waals surface area (Å²) in [6.45, 7) is 16.9. The van der Waals surface area contributed by atoms with Gasteiger partial charge in [-0.05, 0) is 172 Å². The molecule has 0 spiro atoms. The lowest BCUT2D eigenvalue weighted by molar-refractivity contribution is -0.151. The fourth-order valence-corrected chi connectivity index (χ4v) is 11.1. The van der Waals surface area contributed by atoms with Crippen LogP contribution in [-0.4, -0.2) is 12.1 Å². The van der Waals surface area contributed by atoms with Crippen LogP contribution >= 0.6 is 15.9 Å². The lowest BCUT2D eigenvalue weighted by atomic mass is 9.47.